The fourth-order valence-electron chi connectivity index (χ4n) is 5.04. The van der Waals surface area contributed by atoms with E-state index in [1.165, 1.54) is 7.11 Å². The summed E-state index contributed by atoms with van der Waals surface area (Å²) < 4.78 is 17.5. The number of carbonyl (C=O) groups is 2. The van der Waals surface area contributed by atoms with Gasteiger partial charge in [0.15, 0.2) is 0 Å². The highest BCUT2D eigenvalue weighted by molar-refractivity contribution is 6.63. The third-order valence-electron chi connectivity index (χ3n) is 7.85. The number of unbranched alkanes of at least 4 members (excludes halogenated alkanes) is 1. The monoisotopic (exact) mass is 468 g/mol. The standard InChI is InChI=1S/C26H37BN2O5/c1-7-8-11-21-28-26(14-9-10-15-26)23(31)29(21)17-18-12-13-20(19(16-18)22(30)32-6)27-33-24(2,3)25(4,5)34-27/h12-13,16H,7-11,14-15,17H2,1-6H3. The Morgan fingerprint density at radius 1 is 1.15 bits per heavy atom. The maximum Gasteiger partial charge on any atom is 0.495 e. The van der Waals surface area contributed by atoms with Gasteiger partial charge < -0.3 is 14.0 Å². The van der Waals surface area contributed by atoms with Crippen molar-refractivity contribution in [2.24, 2.45) is 4.99 Å². The van der Waals surface area contributed by atoms with Crippen LogP contribution in [-0.4, -0.2) is 53.6 Å². The molecule has 1 aliphatic carbocycles. The Bertz CT molecular complexity index is 981. The molecule has 3 aliphatic rings. The molecule has 1 saturated heterocycles. The van der Waals surface area contributed by atoms with Gasteiger partial charge >= 0.3 is 13.1 Å². The molecule has 1 aromatic rings. The summed E-state index contributed by atoms with van der Waals surface area (Å²) in [5.41, 5.74) is 0.268. The average molecular weight is 468 g/mol. The Morgan fingerprint density at radius 2 is 1.79 bits per heavy atom. The van der Waals surface area contributed by atoms with Gasteiger partial charge in [-0.15, -0.1) is 0 Å². The Hall–Kier alpha value is -2.19. The molecule has 4 rings (SSSR count). The predicted octanol–water partition coefficient (Wildman–Crippen LogP) is 4.02. The highest BCUT2D eigenvalue weighted by Crippen LogP contribution is 2.40. The molecule has 0 bridgehead atoms. The lowest BCUT2D eigenvalue weighted by Crippen LogP contribution is -2.41. The molecule has 2 fully saturated rings. The molecule has 184 valence electrons. The molecule has 1 aromatic carbocycles. The van der Waals surface area contributed by atoms with Crippen molar-refractivity contribution in [3.63, 3.8) is 0 Å². The van der Waals surface area contributed by atoms with Crippen LogP contribution in [0.5, 0.6) is 0 Å². The fourth-order valence-corrected chi connectivity index (χ4v) is 5.04. The molecule has 8 heteroatoms. The van der Waals surface area contributed by atoms with Gasteiger partial charge in [0.1, 0.15) is 11.4 Å². The first-order valence-corrected chi connectivity index (χ1v) is 12.5. The van der Waals surface area contributed by atoms with Crippen molar-refractivity contribution >= 4 is 30.3 Å². The molecule has 0 atom stereocenters. The summed E-state index contributed by atoms with van der Waals surface area (Å²) in [4.78, 5) is 33.0. The summed E-state index contributed by atoms with van der Waals surface area (Å²) in [6.45, 7) is 10.5. The van der Waals surface area contributed by atoms with Crippen LogP contribution in [0.1, 0.15) is 95.5 Å². The zero-order valence-corrected chi connectivity index (χ0v) is 21.4. The van der Waals surface area contributed by atoms with E-state index in [0.29, 0.717) is 17.6 Å². The topological polar surface area (TPSA) is 77.4 Å². The minimum Gasteiger partial charge on any atom is -0.465 e. The molecule has 1 spiro atoms. The molecule has 0 radical (unpaired) electrons. The van der Waals surface area contributed by atoms with Crippen LogP contribution in [0.25, 0.3) is 0 Å². The van der Waals surface area contributed by atoms with Crippen molar-refractivity contribution in [1.82, 2.24) is 4.90 Å². The number of methoxy groups -OCH3 is 1. The fraction of sp³-hybridized carbons (Fsp3) is 0.654. The summed E-state index contributed by atoms with van der Waals surface area (Å²) in [6.07, 6.45) is 6.56. The summed E-state index contributed by atoms with van der Waals surface area (Å²) in [5, 5.41) is 0. The van der Waals surface area contributed by atoms with E-state index in [1.54, 1.807) is 6.07 Å². The van der Waals surface area contributed by atoms with Crippen LogP contribution in [0.15, 0.2) is 23.2 Å². The van der Waals surface area contributed by atoms with Crippen molar-refractivity contribution in [3.8, 4) is 0 Å². The molecule has 0 aromatic heterocycles. The van der Waals surface area contributed by atoms with Gasteiger partial charge in [-0.3, -0.25) is 14.7 Å². The maximum absolute atomic E-state index is 13.5. The van der Waals surface area contributed by atoms with Gasteiger partial charge in [-0.1, -0.05) is 38.3 Å². The third-order valence-corrected chi connectivity index (χ3v) is 7.85. The third kappa shape index (κ3) is 4.31. The summed E-state index contributed by atoms with van der Waals surface area (Å²) in [5.74, 6) is 0.528. The number of hydrogen-bond acceptors (Lipinski definition) is 6. The van der Waals surface area contributed by atoms with Crippen LogP contribution >= 0.6 is 0 Å². The number of esters is 1. The Morgan fingerprint density at radius 3 is 2.38 bits per heavy atom. The Labute approximate surface area is 203 Å². The molecular formula is C26H37BN2O5. The van der Waals surface area contributed by atoms with E-state index in [4.69, 9.17) is 19.0 Å². The minimum atomic E-state index is -0.676. The summed E-state index contributed by atoms with van der Waals surface area (Å²) in [7, 11) is 0.692. The first kappa shape index (κ1) is 24.9. The number of amides is 1. The summed E-state index contributed by atoms with van der Waals surface area (Å²) in [6, 6.07) is 5.60. The van der Waals surface area contributed by atoms with Gasteiger partial charge in [-0.05, 0) is 64.1 Å². The SMILES string of the molecule is CCCCC1=NC2(CCCC2)C(=O)N1Cc1ccc(B2OC(C)(C)C(C)(C)O2)c(C(=O)OC)c1. The molecular weight excluding hydrogens is 431 g/mol. The van der Waals surface area contributed by atoms with Crippen LogP contribution in [0.3, 0.4) is 0 Å². The van der Waals surface area contributed by atoms with E-state index >= 15 is 0 Å². The van der Waals surface area contributed by atoms with Gasteiger partial charge in [0.2, 0.25) is 0 Å². The van der Waals surface area contributed by atoms with E-state index in [2.05, 4.69) is 6.92 Å². The molecule has 0 unspecified atom stereocenters. The van der Waals surface area contributed by atoms with Crippen molar-refractivity contribution in [3.05, 3.63) is 29.3 Å². The van der Waals surface area contributed by atoms with Crippen molar-refractivity contribution in [2.75, 3.05) is 7.11 Å². The van der Waals surface area contributed by atoms with Crippen LogP contribution in [0.2, 0.25) is 0 Å². The quantitative estimate of drug-likeness (QED) is 0.446. The molecule has 0 N–H and O–H groups in total. The number of ether oxygens (including phenoxy) is 1. The molecule has 2 heterocycles. The molecule has 1 amide bonds. The second-order valence-electron chi connectivity index (χ2n) is 10.8. The molecule has 2 aliphatic heterocycles. The number of rotatable bonds is 7. The van der Waals surface area contributed by atoms with E-state index in [0.717, 1.165) is 56.3 Å². The molecule has 7 nitrogen and oxygen atoms in total. The first-order chi connectivity index (χ1) is 16.0. The van der Waals surface area contributed by atoms with Crippen LogP contribution < -0.4 is 5.46 Å². The molecule has 1 saturated carbocycles. The van der Waals surface area contributed by atoms with Crippen LogP contribution in [-0.2, 0) is 25.4 Å². The van der Waals surface area contributed by atoms with Crippen molar-refractivity contribution < 1.29 is 23.6 Å². The predicted molar refractivity (Wildman–Crippen MR) is 132 cm³/mol. The number of carbonyl (C=O) groups excluding carboxylic acids is 2. The van der Waals surface area contributed by atoms with E-state index in [1.807, 2.05) is 44.7 Å². The lowest BCUT2D eigenvalue weighted by molar-refractivity contribution is -0.131. The Balaban J connectivity index is 1.63. The first-order valence-electron chi connectivity index (χ1n) is 12.5. The number of nitrogens with zero attached hydrogens (tertiary/aromatic N) is 2. The van der Waals surface area contributed by atoms with Crippen LogP contribution in [0.4, 0.5) is 0 Å². The normalized spacial score (nSPS) is 22.5. The average Bonchev–Trinajstić information content (AvgIpc) is 3.43. The highest BCUT2D eigenvalue weighted by Gasteiger charge is 2.53. The number of amidine groups is 1. The maximum atomic E-state index is 13.5. The van der Waals surface area contributed by atoms with Gasteiger partial charge in [0.25, 0.3) is 5.91 Å². The minimum absolute atomic E-state index is 0.103. The zero-order valence-electron chi connectivity index (χ0n) is 21.4. The number of benzene rings is 1. The Kier molecular flexibility index (Phi) is 6.68. The zero-order chi connectivity index (χ0) is 24.7. The van der Waals surface area contributed by atoms with Crippen molar-refractivity contribution in [1.29, 1.82) is 0 Å². The lowest BCUT2D eigenvalue weighted by atomic mass is 9.75. The summed E-state index contributed by atoms with van der Waals surface area (Å²) >= 11 is 0. The highest BCUT2D eigenvalue weighted by atomic mass is 16.7. The van der Waals surface area contributed by atoms with Gasteiger partial charge in [0.05, 0.1) is 30.4 Å². The number of hydrogen-bond donors (Lipinski definition) is 0. The van der Waals surface area contributed by atoms with E-state index in [-0.39, 0.29) is 5.91 Å². The van der Waals surface area contributed by atoms with E-state index < -0.39 is 29.8 Å². The van der Waals surface area contributed by atoms with Gasteiger partial charge in [-0.2, -0.15) is 0 Å². The van der Waals surface area contributed by atoms with E-state index in [9.17, 15) is 9.59 Å². The van der Waals surface area contributed by atoms with Crippen molar-refractivity contribution in [2.45, 2.75) is 103 Å². The smallest absolute Gasteiger partial charge is 0.465 e. The largest absolute Gasteiger partial charge is 0.495 e. The molecule has 34 heavy (non-hydrogen) atoms. The van der Waals surface area contributed by atoms with Gasteiger partial charge in [-0.25, -0.2) is 4.79 Å². The van der Waals surface area contributed by atoms with Gasteiger partial charge in [0, 0.05) is 6.42 Å². The van der Waals surface area contributed by atoms with Crippen LogP contribution in [0, 0.1) is 0 Å². The second-order valence-corrected chi connectivity index (χ2v) is 10.8. The number of aliphatic imine (C=N–C) groups is 1. The second kappa shape index (κ2) is 9.12. The lowest BCUT2D eigenvalue weighted by Gasteiger charge is -2.32.